The van der Waals surface area contributed by atoms with Crippen LogP contribution in [0.3, 0.4) is 0 Å². The van der Waals surface area contributed by atoms with Crippen LogP contribution in [0.2, 0.25) is 0 Å². The van der Waals surface area contributed by atoms with Crippen molar-refractivity contribution >= 4 is 10.1 Å². The molecule has 0 radical (unpaired) electrons. The monoisotopic (exact) mass is 400 g/mol. The van der Waals surface area contributed by atoms with Crippen molar-refractivity contribution in [2.75, 3.05) is 6.61 Å². The summed E-state index contributed by atoms with van der Waals surface area (Å²) < 4.78 is 33.9. The predicted octanol–water partition coefficient (Wildman–Crippen LogP) is 2.55. The zero-order chi connectivity index (χ0) is 18.8. The summed E-state index contributed by atoms with van der Waals surface area (Å²) in [6.45, 7) is 2.40. The maximum atomic E-state index is 11.3. The SMILES string of the molecule is CCCCCC(CCCCCCCCCCCCCCO)S(=O)(=O)[O-].[Na+]. The number of aliphatic hydroxyl groups is 1. The van der Waals surface area contributed by atoms with E-state index in [1.54, 1.807) is 0 Å². The average molecular weight is 401 g/mol. The van der Waals surface area contributed by atoms with Crippen molar-refractivity contribution in [1.82, 2.24) is 0 Å². The summed E-state index contributed by atoms with van der Waals surface area (Å²) in [5.74, 6) is 0. The molecule has 0 bridgehead atoms. The van der Waals surface area contributed by atoms with Gasteiger partial charge in [-0.15, -0.1) is 0 Å². The van der Waals surface area contributed by atoms with E-state index in [1.165, 1.54) is 44.9 Å². The molecule has 1 N–H and O–H groups in total. The Labute approximate surface area is 185 Å². The van der Waals surface area contributed by atoms with Gasteiger partial charge in [-0.1, -0.05) is 96.8 Å². The molecule has 0 saturated carbocycles. The van der Waals surface area contributed by atoms with Gasteiger partial charge in [0.1, 0.15) is 0 Å². The number of unbranched alkanes of at least 4 members (excludes halogenated alkanes) is 13. The molecular formula is C20H41NaO4S. The fraction of sp³-hybridized carbons (Fsp3) is 1.00. The molecule has 0 aromatic heterocycles. The average Bonchev–Trinajstić information content (AvgIpc) is 2.56. The first-order valence-corrected chi connectivity index (χ1v) is 12.0. The molecule has 0 aliphatic heterocycles. The number of hydrogen-bond acceptors (Lipinski definition) is 4. The van der Waals surface area contributed by atoms with Gasteiger partial charge < -0.3 is 9.66 Å². The Morgan fingerprint density at radius 2 is 1.04 bits per heavy atom. The zero-order valence-electron chi connectivity index (χ0n) is 17.4. The second-order valence-electron chi connectivity index (χ2n) is 7.37. The van der Waals surface area contributed by atoms with Gasteiger partial charge in [0.05, 0.1) is 10.1 Å². The zero-order valence-corrected chi connectivity index (χ0v) is 20.2. The summed E-state index contributed by atoms with van der Waals surface area (Å²) in [6, 6.07) is 0. The van der Waals surface area contributed by atoms with Crippen LogP contribution in [0, 0.1) is 0 Å². The van der Waals surface area contributed by atoms with Gasteiger partial charge in [-0.2, -0.15) is 0 Å². The van der Waals surface area contributed by atoms with Crippen molar-refractivity contribution in [3.8, 4) is 0 Å². The van der Waals surface area contributed by atoms with E-state index in [0.717, 1.165) is 51.4 Å². The molecule has 0 aliphatic carbocycles. The van der Waals surface area contributed by atoms with Gasteiger partial charge in [0, 0.05) is 11.9 Å². The molecule has 0 rings (SSSR count). The van der Waals surface area contributed by atoms with Crippen LogP contribution in [0.25, 0.3) is 0 Å². The van der Waals surface area contributed by atoms with Crippen LogP contribution in [-0.4, -0.2) is 29.9 Å². The summed E-state index contributed by atoms with van der Waals surface area (Å²) >= 11 is 0. The first-order valence-electron chi connectivity index (χ1n) is 10.6. The van der Waals surface area contributed by atoms with Gasteiger partial charge in [0.25, 0.3) is 0 Å². The predicted molar refractivity (Wildman–Crippen MR) is 105 cm³/mol. The number of aliphatic hydroxyl groups excluding tert-OH is 1. The van der Waals surface area contributed by atoms with E-state index in [9.17, 15) is 13.0 Å². The smallest absolute Gasteiger partial charge is 0.748 e. The minimum Gasteiger partial charge on any atom is -0.748 e. The van der Waals surface area contributed by atoms with Gasteiger partial charge in [-0.3, -0.25) is 0 Å². The fourth-order valence-electron chi connectivity index (χ4n) is 3.31. The van der Waals surface area contributed by atoms with E-state index in [2.05, 4.69) is 6.92 Å². The standard InChI is InChI=1S/C20H42O4S.Na/c1-2-3-14-17-20(25(22,23)24)18-15-12-10-8-6-4-5-7-9-11-13-16-19-21;/h20-21H,2-19H2,1H3,(H,22,23,24);/q;+1/p-1. The summed E-state index contributed by atoms with van der Waals surface area (Å²) in [6.07, 6.45) is 18.0. The molecule has 6 heteroatoms. The van der Waals surface area contributed by atoms with Crippen molar-refractivity contribution in [2.45, 2.75) is 121 Å². The van der Waals surface area contributed by atoms with Crippen molar-refractivity contribution in [3.05, 3.63) is 0 Å². The van der Waals surface area contributed by atoms with Gasteiger partial charge in [0.15, 0.2) is 0 Å². The van der Waals surface area contributed by atoms with Gasteiger partial charge in [-0.25, -0.2) is 8.42 Å². The van der Waals surface area contributed by atoms with Crippen LogP contribution >= 0.6 is 0 Å². The van der Waals surface area contributed by atoms with E-state index in [0.29, 0.717) is 19.4 Å². The third-order valence-electron chi connectivity index (χ3n) is 4.97. The second kappa shape index (κ2) is 20.6. The first-order chi connectivity index (χ1) is 12.0. The van der Waals surface area contributed by atoms with E-state index in [4.69, 9.17) is 5.11 Å². The van der Waals surface area contributed by atoms with Crippen molar-refractivity contribution in [1.29, 1.82) is 0 Å². The summed E-state index contributed by atoms with van der Waals surface area (Å²) in [5.41, 5.74) is 0. The van der Waals surface area contributed by atoms with Gasteiger partial charge in [-0.05, 0) is 19.3 Å². The Morgan fingerprint density at radius 1 is 0.692 bits per heavy atom. The Bertz CT molecular complexity index is 374. The van der Waals surface area contributed by atoms with E-state index in [-0.39, 0.29) is 29.6 Å². The Hall–Kier alpha value is 0.870. The molecular weight excluding hydrogens is 359 g/mol. The molecule has 0 aromatic carbocycles. The van der Waals surface area contributed by atoms with E-state index < -0.39 is 15.4 Å². The summed E-state index contributed by atoms with van der Waals surface area (Å²) in [5, 5.41) is 8.04. The summed E-state index contributed by atoms with van der Waals surface area (Å²) in [7, 11) is -4.13. The number of hydrogen-bond donors (Lipinski definition) is 1. The Balaban J connectivity index is 0. The van der Waals surface area contributed by atoms with Crippen LogP contribution in [0.15, 0.2) is 0 Å². The molecule has 0 aliphatic rings. The molecule has 1 atom stereocenters. The van der Waals surface area contributed by atoms with Gasteiger partial charge in [0.2, 0.25) is 0 Å². The minimum atomic E-state index is -4.13. The third-order valence-corrected chi connectivity index (χ3v) is 6.26. The molecule has 0 fully saturated rings. The molecule has 0 heterocycles. The molecule has 0 spiro atoms. The van der Waals surface area contributed by atoms with Crippen LogP contribution in [0.5, 0.6) is 0 Å². The molecule has 26 heavy (non-hydrogen) atoms. The van der Waals surface area contributed by atoms with Crippen LogP contribution in [-0.2, 0) is 10.1 Å². The molecule has 152 valence electrons. The molecule has 1 unspecified atom stereocenters. The summed E-state index contributed by atoms with van der Waals surface area (Å²) in [4.78, 5) is 0. The molecule has 4 nitrogen and oxygen atoms in total. The maximum Gasteiger partial charge on any atom is 1.00 e. The largest absolute Gasteiger partial charge is 1.00 e. The van der Waals surface area contributed by atoms with Crippen molar-refractivity contribution in [2.24, 2.45) is 0 Å². The first kappa shape index (κ1) is 29.1. The minimum absolute atomic E-state index is 0. The quantitative estimate of drug-likeness (QED) is 0.205. The van der Waals surface area contributed by atoms with Gasteiger partial charge >= 0.3 is 29.6 Å². The van der Waals surface area contributed by atoms with E-state index in [1.807, 2.05) is 0 Å². The fourth-order valence-corrected chi connectivity index (χ4v) is 4.22. The Kier molecular flexibility index (Phi) is 23.0. The van der Waals surface area contributed by atoms with Crippen LogP contribution < -0.4 is 29.6 Å². The van der Waals surface area contributed by atoms with Crippen LogP contribution in [0.4, 0.5) is 0 Å². The molecule has 0 saturated heterocycles. The van der Waals surface area contributed by atoms with Crippen molar-refractivity contribution < 1.29 is 47.6 Å². The normalized spacial score (nSPS) is 12.7. The number of rotatable bonds is 19. The van der Waals surface area contributed by atoms with Crippen LogP contribution in [0.1, 0.15) is 116 Å². The third kappa shape index (κ3) is 19.6. The molecule has 0 amide bonds. The van der Waals surface area contributed by atoms with Crippen molar-refractivity contribution in [3.63, 3.8) is 0 Å². The molecule has 0 aromatic rings. The van der Waals surface area contributed by atoms with E-state index >= 15 is 0 Å². The Morgan fingerprint density at radius 3 is 1.38 bits per heavy atom. The maximum absolute atomic E-state index is 11.3. The topological polar surface area (TPSA) is 77.4 Å². The second-order valence-corrected chi connectivity index (χ2v) is 9.02.